The minimum Gasteiger partial charge on any atom is -0.361 e. The maximum absolute atomic E-state index is 11.7. The fraction of sp³-hybridized carbons (Fsp3) is 0.909. The first-order chi connectivity index (χ1) is 6.40. The van der Waals surface area contributed by atoms with Gasteiger partial charge in [0.25, 0.3) is 0 Å². The van der Waals surface area contributed by atoms with Gasteiger partial charge in [-0.05, 0) is 19.3 Å². The summed E-state index contributed by atoms with van der Waals surface area (Å²) in [6.45, 7) is 11.9. The second kappa shape index (κ2) is 6.02. The Labute approximate surface area is 87.4 Å². The van der Waals surface area contributed by atoms with E-state index in [2.05, 4.69) is 20.8 Å². The van der Waals surface area contributed by atoms with Gasteiger partial charge in [0.05, 0.1) is 0 Å². The summed E-state index contributed by atoms with van der Waals surface area (Å²) in [6.07, 6.45) is 0.577. The Kier molecular flexibility index (Phi) is 5.77. The topological polar surface area (TPSA) is 29.5 Å². The molecule has 0 aromatic heterocycles. The summed E-state index contributed by atoms with van der Waals surface area (Å²) in [6, 6.07) is 0. The monoisotopic (exact) mass is 201 g/mol. The first-order valence-electron chi connectivity index (χ1n) is 5.26. The van der Waals surface area contributed by atoms with E-state index in [0.717, 1.165) is 6.54 Å². The second-order valence-corrected chi connectivity index (χ2v) is 4.61. The molecule has 0 aromatic carbocycles. The van der Waals surface area contributed by atoms with Crippen LogP contribution in [0.4, 0.5) is 0 Å². The fourth-order valence-corrected chi connectivity index (χ4v) is 1.11. The quantitative estimate of drug-likeness (QED) is 0.639. The number of nitrogens with zero attached hydrogens (tertiary/aromatic N) is 1. The minimum absolute atomic E-state index is 0.0523. The highest BCUT2D eigenvalue weighted by molar-refractivity contribution is 5.76. The van der Waals surface area contributed by atoms with Gasteiger partial charge >= 0.3 is 0 Å². The Morgan fingerprint density at radius 1 is 1.29 bits per heavy atom. The number of ether oxygens (including phenoxy) is 1. The molecule has 0 saturated heterocycles. The first-order valence-corrected chi connectivity index (χ1v) is 5.26. The van der Waals surface area contributed by atoms with E-state index in [-0.39, 0.29) is 11.3 Å². The zero-order chi connectivity index (χ0) is 11.2. The van der Waals surface area contributed by atoms with Crippen molar-refractivity contribution in [2.24, 2.45) is 5.41 Å². The molecule has 0 rings (SSSR count). The molecule has 3 nitrogen and oxygen atoms in total. The van der Waals surface area contributed by atoms with Crippen LogP contribution in [-0.4, -0.2) is 30.7 Å². The zero-order valence-electron chi connectivity index (χ0n) is 10.1. The van der Waals surface area contributed by atoms with Crippen molar-refractivity contribution in [1.29, 1.82) is 0 Å². The van der Waals surface area contributed by atoms with Gasteiger partial charge in [-0.25, -0.2) is 0 Å². The van der Waals surface area contributed by atoms with Crippen LogP contribution in [0.1, 0.15) is 41.0 Å². The fourth-order valence-electron chi connectivity index (χ4n) is 1.11. The Hall–Kier alpha value is -0.570. The Morgan fingerprint density at radius 2 is 1.86 bits per heavy atom. The van der Waals surface area contributed by atoms with Crippen molar-refractivity contribution < 1.29 is 9.53 Å². The molecule has 0 bridgehead atoms. The lowest BCUT2D eigenvalue weighted by Crippen LogP contribution is -2.35. The molecule has 0 aliphatic carbocycles. The van der Waals surface area contributed by atoms with E-state index in [1.54, 1.807) is 4.90 Å². The third-order valence-corrected chi connectivity index (χ3v) is 1.87. The first kappa shape index (κ1) is 13.4. The molecule has 0 atom stereocenters. The standard InChI is InChI=1S/C11H23NO2/c1-6-12(9-14-7-2)10(13)8-11(3,4)5/h6-9H2,1-5H3. The van der Waals surface area contributed by atoms with Gasteiger partial charge in [-0.2, -0.15) is 0 Å². The maximum Gasteiger partial charge on any atom is 0.224 e. The van der Waals surface area contributed by atoms with Crippen molar-refractivity contribution in [1.82, 2.24) is 4.90 Å². The second-order valence-electron chi connectivity index (χ2n) is 4.61. The Morgan fingerprint density at radius 3 is 2.21 bits per heavy atom. The lowest BCUT2D eigenvalue weighted by atomic mass is 9.92. The molecule has 0 aromatic rings. The summed E-state index contributed by atoms with van der Waals surface area (Å²) in [5, 5.41) is 0. The number of rotatable bonds is 5. The zero-order valence-corrected chi connectivity index (χ0v) is 10.1. The van der Waals surface area contributed by atoms with E-state index in [4.69, 9.17) is 4.74 Å². The number of carbonyl (C=O) groups excluding carboxylic acids is 1. The van der Waals surface area contributed by atoms with Crippen molar-refractivity contribution in [3.8, 4) is 0 Å². The highest BCUT2D eigenvalue weighted by atomic mass is 16.5. The van der Waals surface area contributed by atoms with E-state index in [0.29, 0.717) is 19.8 Å². The Balaban J connectivity index is 4.04. The molecule has 84 valence electrons. The van der Waals surface area contributed by atoms with Gasteiger partial charge in [0.15, 0.2) is 0 Å². The van der Waals surface area contributed by atoms with Crippen LogP contribution in [-0.2, 0) is 9.53 Å². The summed E-state index contributed by atoms with van der Waals surface area (Å²) < 4.78 is 5.23. The predicted molar refractivity (Wildman–Crippen MR) is 58.0 cm³/mol. The smallest absolute Gasteiger partial charge is 0.224 e. The molecule has 1 amide bonds. The summed E-state index contributed by atoms with van der Waals surface area (Å²) in [5.41, 5.74) is 0.0523. The molecule has 3 heteroatoms. The molecule has 0 heterocycles. The van der Waals surface area contributed by atoms with Crippen molar-refractivity contribution in [3.05, 3.63) is 0 Å². The number of hydrogen-bond donors (Lipinski definition) is 0. The average molecular weight is 201 g/mol. The van der Waals surface area contributed by atoms with E-state index < -0.39 is 0 Å². The van der Waals surface area contributed by atoms with Gasteiger partial charge in [0.2, 0.25) is 5.91 Å². The van der Waals surface area contributed by atoms with Crippen LogP contribution in [0.25, 0.3) is 0 Å². The Bertz CT molecular complexity index is 173. The van der Waals surface area contributed by atoms with Gasteiger partial charge in [-0.3, -0.25) is 4.79 Å². The molecule has 0 aliphatic heterocycles. The third-order valence-electron chi connectivity index (χ3n) is 1.87. The maximum atomic E-state index is 11.7. The van der Waals surface area contributed by atoms with Gasteiger partial charge in [0, 0.05) is 19.6 Å². The summed E-state index contributed by atoms with van der Waals surface area (Å²) in [5.74, 6) is 0.174. The lowest BCUT2D eigenvalue weighted by molar-refractivity contribution is -0.138. The van der Waals surface area contributed by atoms with Crippen LogP contribution in [0.5, 0.6) is 0 Å². The van der Waals surface area contributed by atoms with Crippen molar-refractivity contribution >= 4 is 5.91 Å². The molecule has 0 N–H and O–H groups in total. The summed E-state index contributed by atoms with van der Waals surface area (Å²) in [4.78, 5) is 13.5. The van der Waals surface area contributed by atoms with Crippen LogP contribution in [0, 0.1) is 5.41 Å². The molecular weight excluding hydrogens is 178 g/mol. The lowest BCUT2D eigenvalue weighted by Gasteiger charge is -2.25. The third kappa shape index (κ3) is 5.97. The predicted octanol–water partition coefficient (Wildman–Crippen LogP) is 2.27. The van der Waals surface area contributed by atoms with Crippen LogP contribution in [0.3, 0.4) is 0 Å². The van der Waals surface area contributed by atoms with E-state index in [1.807, 2.05) is 13.8 Å². The molecule has 0 radical (unpaired) electrons. The van der Waals surface area contributed by atoms with Gasteiger partial charge in [-0.1, -0.05) is 20.8 Å². The van der Waals surface area contributed by atoms with Crippen molar-refractivity contribution in [2.75, 3.05) is 19.9 Å². The summed E-state index contributed by atoms with van der Waals surface area (Å²) >= 11 is 0. The molecule has 14 heavy (non-hydrogen) atoms. The minimum atomic E-state index is 0.0523. The van der Waals surface area contributed by atoms with Crippen LogP contribution in [0.2, 0.25) is 0 Å². The molecule has 0 aliphatic rings. The highest BCUT2D eigenvalue weighted by Gasteiger charge is 2.19. The molecule has 0 unspecified atom stereocenters. The highest BCUT2D eigenvalue weighted by Crippen LogP contribution is 2.19. The van der Waals surface area contributed by atoms with E-state index in [1.165, 1.54) is 0 Å². The van der Waals surface area contributed by atoms with Gasteiger partial charge in [0.1, 0.15) is 6.73 Å². The molecule has 0 saturated carbocycles. The number of amides is 1. The van der Waals surface area contributed by atoms with Crippen molar-refractivity contribution in [2.45, 2.75) is 41.0 Å². The van der Waals surface area contributed by atoms with Crippen LogP contribution >= 0.6 is 0 Å². The molecule has 0 spiro atoms. The number of hydrogen-bond acceptors (Lipinski definition) is 2. The van der Waals surface area contributed by atoms with Crippen LogP contribution < -0.4 is 0 Å². The molecule has 0 fully saturated rings. The largest absolute Gasteiger partial charge is 0.361 e. The van der Waals surface area contributed by atoms with Gasteiger partial charge in [-0.15, -0.1) is 0 Å². The summed E-state index contributed by atoms with van der Waals surface area (Å²) in [7, 11) is 0. The van der Waals surface area contributed by atoms with E-state index >= 15 is 0 Å². The molecular formula is C11H23NO2. The van der Waals surface area contributed by atoms with E-state index in [9.17, 15) is 4.79 Å². The van der Waals surface area contributed by atoms with Crippen LogP contribution in [0.15, 0.2) is 0 Å². The van der Waals surface area contributed by atoms with Crippen molar-refractivity contribution in [3.63, 3.8) is 0 Å². The van der Waals surface area contributed by atoms with Gasteiger partial charge < -0.3 is 9.64 Å². The number of carbonyl (C=O) groups is 1. The SMILES string of the molecule is CCOCN(CC)C(=O)CC(C)(C)C. The normalized spacial score (nSPS) is 11.5. The average Bonchev–Trinajstić information content (AvgIpc) is 2.02.